The van der Waals surface area contributed by atoms with Crippen molar-refractivity contribution in [3.63, 3.8) is 0 Å². The van der Waals surface area contributed by atoms with Crippen molar-refractivity contribution in [3.05, 3.63) is 83.1 Å². The van der Waals surface area contributed by atoms with Gasteiger partial charge in [0.05, 0.1) is 0 Å². The lowest BCUT2D eigenvalue weighted by atomic mass is 10.0. The predicted molar refractivity (Wildman–Crippen MR) is 120 cm³/mol. The molecule has 7 heteroatoms. The van der Waals surface area contributed by atoms with Crippen LogP contribution in [0.25, 0.3) is 0 Å². The molecule has 2 heterocycles. The molecule has 0 spiro atoms. The van der Waals surface area contributed by atoms with Gasteiger partial charge in [-0.15, -0.1) is 0 Å². The van der Waals surface area contributed by atoms with E-state index in [1.807, 2.05) is 55.5 Å². The van der Waals surface area contributed by atoms with E-state index >= 15 is 0 Å². The summed E-state index contributed by atoms with van der Waals surface area (Å²) in [6.45, 7) is 4.93. The Morgan fingerprint density at radius 1 is 1.00 bits per heavy atom. The molecule has 1 atom stereocenters. The largest absolute Gasteiger partial charge is 0.338 e. The molecular formula is C23H24ClN5O. The van der Waals surface area contributed by atoms with Gasteiger partial charge in [0.1, 0.15) is 6.04 Å². The molecule has 0 radical (unpaired) electrons. The molecule has 0 bridgehead atoms. The SMILES string of the molecule is Cc1ccc(NC(=O)C(c2ccccc2)N2CCN(c3ncccn3)CC2)cc1Cl. The number of piperazine rings is 1. The van der Waals surface area contributed by atoms with Gasteiger partial charge in [0.15, 0.2) is 0 Å². The summed E-state index contributed by atoms with van der Waals surface area (Å²) in [5, 5.41) is 3.68. The molecule has 1 saturated heterocycles. The van der Waals surface area contributed by atoms with Crippen LogP contribution in [0.3, 0.4) is 0 Å². The van der Waals surface area contributed by atoms with Crippen LogP contribution in [-0.2, 0) is 4.79 Å². The van der Waals surface area contributed by atoms with E-state index in [0.717, 1.165) is 43.3 Å². The number of nitrogens with one attached hydrogen (secondary N) is 1. The van der Waals surface area contributed by atoms with Crippen molar-refractivity contribution in [2.75, 3.05) is 36.4 Å². The number of carbonyl (C=O) groups is 1. The molecule has 1 aliphatic heterocycles. The summed E-state index contributed by atoms with van der Waals surface area (Å²) in [5.41, 5.74) is 2.65. The summed E-state index contributed by atoms with van der Waals surface area (Å²) in [4.78, 5) is 26.4. The molecule has 1 amide bonds. The molecule has 1 aliphatic rings. The van der Waals surface area contributed by atoms with E-state index in [1.165, 1.54) is 0 Å². The molecule has 4 rings (SSSR count). The number of hydrogen-bond acceptors (Lipinski definition) is 5. The van der Waals surface area contributed by atoms with Gasteiger partial charge in [0.25, 0.3) is 0 Å². The minimum absolute atomic E-state index is 0.0643. The number of anilines is 2. The topological polar surface area (TPSA) is 61.4 Å². The Labute approximate surface area is 181 Å². The summed E-state index contributed by atoms with van der Waals surface area (Å²) in [7, 11) is 0. The molecule has 1 unspecified atom stereocenters. The molecule has 30 heavy (non-hydrogen) atoms. The summed E-state index contributed by atoms with van der Waals surface area (Å²) >= 11 is 6.24. The van der Waals surface area contributed by atoms with Crippen LogP contribution in [0.4, 0.5) is 11.6 Å². The number of amides is 1. The first kappa shape index (κ1) is 20.3. The van der Waals surface area contributed by atoms with E-state index in [4.69, 9.17) is 11.6 Å². The Balaban J connectivity index is 1.52. The molecule has 3 aromatic rings. The van der Waals surface area contributed by atoms with Gasteiger partial charge < -0.3 is 10.2 Å². The minimum Gasteiger partial charge on any atom is -0.338 e. The molecule has 2 aromatic carbocycles. The van der Waals surface area contributed by atoms with Crippen molar-refractivity contribution in [3.8, 4) is 0 Å². The maximum atomic E-state index is 13.3. The van der Waals surface area contributed by atoms with Crippen LogP contribution < -0.4 is 10.2 Å². The van der Waals surface area contributed by atoms with Crippen molar-refractivity contribution in [1.29, 1.82) is 0 Å². The van der Waals surface area contributed by atoms with Crippen LogP contribution in [0.1, 0.15) is 17.2 Å². The van der Waals surface area contributed by atoms with E-state index in [0.29, 0.717) is 10.7 Å². The lowest BCUT2D eigenvalue weighted by Crippen LogP contribution is -2.50. The zero-order valence-electron chi connectivity index (χ0n) is 16.8. The average Bonchev–Trinajstić information content (AvgIpc) is 2.78. The smallest absolute Gasteiger partial charge is 0.246 e. The molecule has 6 nitrogen and oxygen atoms in total. The van der Waals surface area contributed by atoms with E-state index in [2.05, 4.69) is 25.1 Å². The molecule has 0 saturated carbocycles. The van der Waals surface area contributed by atoms with Gasteiger partial charge in [0.2, 0.25) is 11.9 Å². The number of aryl methyl sites for hydroxylation is 1. The summed E-state index contributed by atoms with van der Waals surface area (Å²) in [6.07, 6.45) is 3.50. The molecule has 1 N–H and O–H groups in total. The van der Waals surface area contributed by atoms with Crippen molar-refractivity contribution in [1.82, 2.24) is 14.9 Å². The van der Waals surface area contributed by atoms with Gasteiger partial charge in [-0.05, 0) is 36.2 Å². The molecule has 0 aliphatic carbocycles. The van der Waals surface area contributed by atoms with Gasteiger partial charge in [-0.3, -0.25) is 9.69 Å². The molecule has 154 valence electrons. The second kappa shape index (κ2) is 9.24. The Kier molecular flexibility index (Phi) is 6.26. The van der Waals surface area contributed by atoms with E-state index < -0.39 is 0 Å². The van der Waals surface area contributed by atoms with Crippen molar-refractivity contribution >= 4 is 29.1 Å². The van der Waals surface area contributed by atoms with Crippen molar-refractivity contribution < 1.29 is 4.79 Å². The average molecular weight is 422 g/mol. The maximum Gasteiger partial charge on any atom is 0.246 e. The van der Waals surface area contributed by atoms with Crippen LogP contribution in [0.15, 0.2) is 67.0 Å². The Hall–Kier alpha value is -2.96. The highest BCUT2D eigenvalue weighted by molar-refractivity contribution is 6.31. The highest BCUT2D eigenvalue weighted by atomic mass is 35.5. The van der Waals surface area contributed by atoms with Gasteiger partial charge in [-0.25, -0.2) is 9.97 Å². The van der Waals surface area contributed by atoms with Gasteiger partial charge in [-0.2, -0.15) is 0 Å². The normalized spacial score (nSPS) is 15.6. The number of aromatic nitrogens is 2. The monoisotopic (exact) mass is 421 g/mol. The van der Waals surface area contributed by atoms with Crippen LogP contribution in [0.2, 0.25) is 5.02 Å². The van der Waals surface area contributed by atoms with Crippen LogP contribution in [0.5, 0.6) is 0 Å². The van der Waals surface area contributed by atoms with Gasteiger partial charge in [0, 0.05) is 49.3 Å². The number of hydrogen-bond donors (Lipinski definition) is 1. The quantitative estimate of drug-likeness (QED) is 0.676. The number of halogens is 1. The van der Waals surface area contributed by atoms with E-state index in [9.17, 15) is 4.79 Å². The summed E-state index contributed by atoms with van der Waals surface area (Å²) in [5.74, 6) is 0.665. The highest BCUT2D eigenvalue weighted by Gasteiger charge is 2.31. The van der Waals surface area contributed by atoms with Crippen molar-refractivity contribution in [2.24, 2.45) is 0 Å². The number of carbonyl (C=O) groups excluding carboxylic acids is 1. The first-order chi connectivity index (χ1) is 14.6. The second-order valence-corrected chi connectivity index (χ2v) is 7.75. The van der Waals surface area contributed by atoms with Gasteiger partial charge in [-0.1, -0.05) is 48.0 Å². The number of rotatable bonds is 5. The third-order valence-electron chi connectivity index (χ3n) is 5.32. The molecular weight excluding hydrogens is 398 g/mol. The summed E-state index contributed by atoms with van der Waals surface area (Å²) in [6, 6.07) is 16.9. The number of benzene rings is 2. The Morgan fingerprint density at radius 3 is 2.37 bits per heavy atom. The first-order valence-electron chi connectivity index (χ1n) is 10.00. The Morgan fingerprint density at radius 2 is 1.70 bits per heavy atom. The van der Waals surface area contributed by atoms with Crippen molar-refractivity contribution in [2.45, 2.75) is 13.0 Å². The maximum absolute atomic E-state index is 13.3. The second-order valence-electron chi connectivity index (χ2n) is 7.34. The lowest BCUT2D eigenvalue weighted by molar-refractivity contribution is -0.121. The molecule has 1 fully saturated rings. The fourth-order valence-electron chi connectivity index (χ4n) is 3.68. The summed E-state index contributed by atoms with van der Waals surface area (Å²) < 4.78 is 0. The number of nitrogens with zero attached hydrogens (tertiary/aromatic N) is 4. The molecule has 1 aromatic heterocycles. The van der Waals surface area contributed by atoms with Crippen LogP contribution in [0, 0.1) is 6.92 Å². The minimum atomic E-state index is -0.384. The standard InChI is InChI=1S/C23H24ClN5O/c1-17-8-9-19(16-20(17)24)27-22(30)21(18-6-3-2-4-7-18)28-12-14-29(15-13-28)23-25-10-5-11-26-23/h2-11,16,21H,12-15H2,1H3,(H,27,30). The van der Waals surface area contributed by atoms with E-state index in [1.54, 1.807) is 18.5 Å². The van der Waals surface area contributed by atoms with Crippen LogP contribution >= 0.6 is 11.6 Å². The zero-order chi connectivity index (χ0) is 20.9. The third kappa shape index (κ3) is 4.61. The Bertz CT molecular complexity index is 991. The van der Waals surface area contributed by atoms with Gasteiger partial charge >= 0.3 is 0 Å². The first-order valence-corrected chi connectivity index (χ1v) is 10.4. The highest BCUT2D eigenvalue weighted by Crippen LogP contribution is 2.26. The fourth-order valence-corrected chi connectivity index (χ4v) is 3.86. The van der Waals surface area contributed by atoms with E-state index in [-0.39, 0.29) is 11.9 Å². The third-order valence-corrected chi connectivity index (χ3v) is 5.72. The fraction of sp³-hybridized carbons (Fsp3) is 0.261. The lowest BCUT2D eigenvalue weighted by Gasteiger charge is -2.38. The zero-order valence-corrected chi connectivity index (χ0v) is 17.6. The predicted octanol–water partition coefficient (Wildman–Crippen LogP) is 3.94. The van der Waals surface area contributed by atoms with Crippen LogP contribution in [-0.4, -0.2) is 47.0 Å².